The summed E-state index contributed by atoms with van der Waals surface area (Å²) in [6, 6.07) is 5.61. The van der Waals surface area contributed by atoms with E-state index in [0.29, 0.717) is 10.9 Å². The lowest BCUT2D eigenvalue weighted by atomic mass is 9.88. The van der Waals surface area contributed by atoms with E-state index in [0.717, 1.165) is 33.7 Å². The molecule has 1 amide bonds. The molecule has 0 bridgehead atoms. The summed E-state index contributed by atoms with van der Waals surface area (Å²) >= 11 is 9.49. The van der Waals surface area contributed by atoms with Gasteiger partial charge < -0.3 is 10.6 Å². The standard InChI is InChI=1S/C16H18ClN3OS2.ClH/c1-9-8-22-16(19-9)23-14-4-3-12(5-13(14)17)20-15(21)10(2)11-6-18-7-11;/h3-5,8,10-11,18H,6-7H2,1-2H3,(H,20,21);1H. The van der Waals surface area contributed by atoms with Crippen molar-refractivity contribution in [2.75, 3.05) is 18.4 Å². The van der Waals surface area contributed by atoms with E-state index < -0.39 is 0 Å². The highest BCUT2D eigenvalue weighted by atomic mass is 35.5. The first-order valence-corrected chi connectivity index (χ1v) is 9.51. The number of nitrogens with one attached hydrogen (secondary N) is 2. The topological polar surface area (TPSA) is 54.0 Å². The minimum absolute atomic E-state index is 0. The van der Waals surface area contributed by atoms with Crippen LogP contribution in [0.15, 0.2) is 32.8 Å². The molecule has 0 radical (unpaired) electrons. The van der Waals surface area contributed by atoms with Gasteiger partial charge >= 0.3 is 0 Å². The van der Waals surface area contributed by atoms with Crippen LogP contribution in [0.3, 0.4) is 0 Å². The van der Waals surface area contributed by atoms with Crippen molar-refractivity contribution in [2.24, 2.45) is 11.8 Å². The third-order valence-corrected chi connectivity index (χ3v) is 6.49. The number of nitrogens with zero attached hydrogens (tertiary/aromatic N) is 1. The molecule has 8 heteroatoms. The summed E-state index contributed by atoms with van der Waals surface area (Å²) in [4.78, 5) is 17.6. The molecule has 0 aliphatic carbocycles. The molecule has 1 aliphatic rings. The van der Waals surface area contributed by atoms with Crippen LogP contribution >= 0.6 is 47.1 Å². The van der Waals surface area contributed by atoms with E-state index >= 15 is 0 Å². The lowest BCUT2D eigenvalue weighted by Crippen LogP contribution is -2.48. The number of halogens is 2. The van der Waals surface area contributed by atoms with Gasteiger partial charge in [0.05, 0.1) is 5.02 Å². The fourth-order valence-corrected chi connectivity index (χ4v) is 4.36. The molecule has 1 unspecified atom stereocenters. The number of carbonyl (C=O) groups excluding carboxylic acids is 1. The second kappa shape index (κ2) is 8.54. The number of carbonyl (C=O) groups is 1. The van der Waals surface area contributed by atoms with Crippen LogP contribution in [0.25, 0.3) is 0 Å². The van der Waals surface area contributed by atoms with Crippen LogP contribution in [-0.4, -0.2) is 24.0 Å². The van der Waals surface area contributed by atoms with Gasteiger partial charge in [-0.25, -0.2) is 4.98 Å². The Morgan fingerprint density at radius 1 is 1.50 bits per heavy atom. The molecule has 1 aromatic carbocycles. The van der Waals surface area contributed by atoms with Crippen molar-refractivity contribution in [1.82, 2.24) is 10.3 Å². The van der Waals surface area contributed by atoms with E-state index in [4.69, 9.17) is 11.6 Å². The third-order valence-electron chi connectivity index (χ3n) is 3.93. The monoisotopic (exact) mass is 403 g/mol. The second-order valence-corrected chi connectivity index (χ2v) is 8.25. The number of hydrogen-bond donors (Lipinski definition) is 2. The Kier molecular flexibility index (Phi) is 6.95. The van der Waals surface area contributed by atoms with E-state index in [1.165, 1.54) is 0 Å². The molecule has 1 aromatic heterocycles. The van der Waals surface area contributed by atoms with Crippen molar-refractivity contribution in [3.63, 3.8) is 0 Å². The van der Waals surface area contributed by atoms with Crippen molar-refractivity contribution in [3.8, 4) is 0 Å². The third kappa shape index (κ3) is 4.64. The molecule has 1 aliphatic heterocycles. The summed E-state index contributed by atoms with van der Waals surface area (Å²) in [5.41, 5.74) is 1.75. The number of amides is 1. The zero-order valence-electron chi connectivity index (χ0n) is 13.3. The smallest absolute Gasteiger partial charge is 0.227 e. The van der Waals surface area contributed by atoms with Gasteiger partial charge in [0, 0.05) is 27.6 Å². The summed E-state index contributed by atoms with van der Waals surface area (Å²) in [7, 11) is 0. The van der Waals surface area contributed by atoms with Crippen molar-refractivity contribution >= 4 is 58.7 Å². The molecule has 0 spiro atoms. The lowest BCUT2D eigenvalue weighted by molar-refractivity contribution is -0.121. The average molecular weight is 404 g/mol. The Morgan fingerprint density at radius 2 is 2.25 bits per heavy atom. The van der Waals surface area contributed by atoms with Crippen molar-refractivity contribution in [2.45, 2.75) is 23.1 Å². The van der Waals surface area contributed by atoms with Crippen molar-refractivity contribution < 1.29 is 4.79 Å². The Bertz CT molecular complexity index is 719. The minimum atomic E-state index is 0. The van der Waals surface area contributed by atoms with Gasteiger partial charge in [0.15, 0.2) is 4.34 Å². The Hall–Kier alpha value is -0.790. The first-order valence-electron chi connectivity index (χ1n) is 7.44. The van der Waals surface area contributed by atoms with Crippen molar-refractivity contribution in [1.29, 1.82) is 0 Å². The van der Waals surface area contributed by atoms with Gasteiger partial charge in [-0.3, -0.25) is 4.79 Å². The molecule has 1 saturated heterocycles. The zero-order valence-corrected chi connectivity index (χ0v) is 16.5. The summed E-state index contributed by atoms with van der Waals surface area (Å²) < 4.78 is 0.965. The fraction of sp³-hybridized carbons (Fsp3) is 0.375. The zero-order chi connectivity index (χ0) is 16.4. The van der Waals surface area contributed by atoms with E-state index in [9.17, 15) is 4.79 Å². The fourth-order valence-electron chi connectivity index (χ4n) is 2.27. The first kappa shape index (κ1) is 19.5. The highest BCUT2D eigenvalue weighted by Crippen LogP contribution is 2.36. The van der Waals surface area contributed by atoms with E-state index in [1.54, 1.807) is 29.2 Å². The summed E-state index contributed by atoms with van der Waals surface area (Å²) in [6.45, 7) is 5.77. The van der Waals surface area contributed by atoms with Gasteiger partial charge in [0.1, 0.15) is 0 Å². The Labute approximate surface area is 161 Å². The summed E-state index contributed by atoms with van der Waals surface area (Å²) in [5, 5.41) is 8.79. The quantitative estimate of drug-likeness (QED) is 0.772. The number of anilines is 1. The molecule has 1 fully saturated rings. The van der Waals surface area contributed by atoms with Crippen LogP contribution in [0.4, 0.5) is 5.69 Å². The number of rotatable bonds is 5. The van der Waals surface area contributed by atoms with Crippen LogP contribution in [0, 0.1) is 18.8 Å². The summed E-state index contributed by atoms with van der Waals surface area (Å²) in [5.74, 6) is 0.472. The average Bonchev–Trinajstić information content (AvgIpc) is 2.85. The van der Waals surface area contributed by atoms with E-state index in [2.05, 4.69) is 15.6 Å². The highest BCUT2D eigenvalue weighted by Gasteiger charge is 2.28. The van der Waals surface area contributed by atoms with Crippen LogP contribution < -0.4 is 10.6 Å². The van der Waals surface area contributed by atoms with Crippen LogP contribution in [0.1, 0.15) is 12.6 Å². The van der Waals surface area contributed by atoms with E-state index in [1.807, 2.05) is 31.4 Å². The minimum Gasteiger partial charge on any atom is -0.326 e. The molecular weight excluding hydrogens is 385 g/mol. The number of aromatic nitrogens is 1. The normalized spacial score (nSPS) is 15.3. The molecule has 4 nitrogen and oxygen atoms in total. The van der Waals surface area contributed by atoms with Crippen LogP contribution in [0.2, 0.25) is 5.02 Å². The van der Waals surface area contributed by atoms with Gasteiger partial charge in [-0.05, 0) is 44.1 Å². The van der Waals surface area contributed by atoms with Gasteiger partial charge in [0.25, 0.3) is 0 Å². The molecule has 2 aromatic rings. The molecular formula is C16H19Cl2N3OS2. The molecule has 0 saturated carbocycles. The van der Waals surface area contributed by atoms with Gasteiger partial charge in [-0.1, -0.05) is 30.3 Å². The number of benzene rings is 1. The molecule has 130 valence electrons. The van der Waals surface area contributed by atoms with Gasteiger partial charge in [-0.15, -0.1) is 23.7 Å². The number of hydrogen-bond acceptors (Lipinski definition) is 5. The van der Waals surface area contributed by atoms with Crippen molar-refractivity contribution in [3.05, 3.63) is 34.3 Å². The highest BCUT2D eigenvalue weighted by molar-refractivity contribution is 8.01. The van der Waals surface area contributed by atoms with Crippen LogP contribution in [-0.2, 0) is 4.79 Å². The van der Waals surface area contributed by atoms with Gasteiger partial charge in [-0.2, -0.15) is 0 Å². The lowest BCUT2D eigenvalue weighted by Gasteiger charge is -2.31. The summed E-state index contributed by atoms with van der Waals surface area (Å²) in [6.07, 6.45) is 0. The molecule has 3 rings (SSSR count). The van der Waals surface area contributed by atoms with Gasteiger partial charge in [0.2, 0.25) is 5.91 Å². The maximum absolute atomic E-state index is 12.2. The predicted octanol–water partition coefficient (Wildman–Crippen LogP) is 4.47. The molecule has 2 heterocycles. The molecule has 1 atom stereocenters. The number of aryl methyl sites for hydroxylation is 1. The molecule has 24 heavy (non-hydrogen) atoms. The largest absolute Gasteiger partial charge is 0.326 e. The predicted molar refractivity (Wildman–Crippen MR) is 104 cm³/mol. The first-order chi connectivity index (χ1) is 11.0. The van der Waals surface area contributed by atoms with E-state index in [-0.39, 0.29) is 24.2 Å². The maximum atomic E-state index is 12.2. The Balaban J connectivity index is 0.00000208. The Morgan fingerprint density at radius 3 is 2.79 bits per heavy atom. The SMILES string of the molecule is Cc1csc(Sc2ccc(NC(=O)C(C)C3CNC3)cc2Cl)n1.Cl. The molecule has 2 N–H and O–H groups in total. The second-order valence-electron chi connectivity index (χ2n) is 5.70. The van der Waals surface area contributed by atoms with Crippen LogP contribution in [0.5, 0.6) is 0 Å². The number of thiazole rings is 1. The maximum Gasteiger partial charge on any atom is 0.227 e.